The maximum Gasteiger partial charge on any atom is 0.321 e. The highest BCUT2D eigenvalue weighted by molar-refractivity contribution is 6.15. The van der Waals surface area contributed by atoms with Crippen molar-refractivity contribution in [3.63, 3.8) is 0 Å². The van der Waals surface area contributed by atoms with Crippen LogP contribution in [0.1, 0.15) is 48.0 Å². The zero-order chi connectivity index (χ0) is 21.2. The van der Waals surface area contributed by atoms with Gasteiger partial charge in [0.2, 0.25) is 0 Å². The van der Waals surface area contributed by atoms with Crippen molar-refractivity contribution in [1.82, 2.24) is 0 Å². The molecule has 6 heteroatoms. The molecule has 0 amide bonds. The molecule has 0 aliphatic rings. The number of carbonyl (C=O) groups excluding carboxylic acids is 2. The van der Waals surface area contributed by atoms with Gasteiger partial charge in [-0.25, -0.2) is 0 Å². The third-order valence-corrected chi connectivity index (χ3v) is 4.58. The number of hydrogen-bond acceptors (Lipinski definition) is 6. The number of benzene rings is 2. The minimum absolute atomic E-state index is 0.176. The van der Waals surface area contributed by atoms with Crippen LogP contribution in [-0.2, 0) is 9.53 Å². The Bertz CT molecular complexity index is 790. The summed E-state index contributed by atoms with van der Waals surface area (Å²) < 4.78 is 21.5. The van der Waals surface area contributed by atoms with Crippen LogP contribution in [0.4, 0.5) is 0 Å². The summed E-state index contributed by atoms with van der Waals surface area (Å²) >= 11 is 0. The summed E-state index contributed by atoms with van der Waals surface area (Å²) in [6, 6.07) is 12.0. The fourth-order valence-corrected chi connectivity index (χ4v) is 3.04. The van der Waals surface area contributed by atoms with Gasteiger partial charge in [-0.1, -0.05) is 50.1 Å². The first-order valence-corrected chi connectivity index (χ1v) is 9.63. The Kier molecular flexibility index (Phi) is 8.52. The lowest BCUT2D eigenvalue weighted by molar-refractivity contribution is -0.144. The van der Waals surface area contributed by atoms with Gasteiger partial charge in [-0.05, 0) is 12.0 Å². The van der Waals surface area contributed by atoms with Gasteiger partial charge in [-0.2, -0.15) is 0 Å². The number of methoxy groups -OCH3 is 3. The number of unbranched alkanes of at least 4 members (excludes halogenated alkanes) is 2. The van der Waals surface area contributed by atoms with Crippen molar-refractivity contribution in [2.24, 2.45) is 0 Å². The summed E-state index contributed by atoms with van der Waals surface area (Å²) in [5.41, 5.74) is 0.730. The number of Topliss-reactive ketones (excluding diaryl/α,β-unsaturated/α-hetero) is 1. The van der Waals surface area contributed by atoms with Gasteiger partial charge in [-0.15, -0.1) is 0 Å². The van der Waals surface area contributed by atoms with E-state index in [-0.39, 0.29) is 23.7 Å². The number of ether oxygens (including phenoxy) is 4. The molecule has 0 saturated carbocycles. The molecular weight excluding hydrogens is 372 g/mol. The lowest BCUT2D eigenvalue weighted by Crippen LogP contribution is -2.25. The van der Waals surface area contributed by atoms with Gasteiger partial charge in [0.15, 0.2) is 5.78 Å². The Labute approximate surface area is 171 Å². The number of carbonyl (C=O) groups is 2. The normalized spacial score (nSPS) is 11.4. The third-order valence-electron chi connectivity index (χ3n) is 4.58. The maximum atomic E-state index is 13.5. The van der Waals surface area contributed by atoms with E-state index in [0.717, 1.165) is 19.3 Å². The minimum atomic E-state index is -1.12. The molecule has 156 valence electrons. The summed E-state index contributed by atoms with van der Waals surface area (Å²) in [5, 5.41) is 0. The van der Waals surface area contributed by atoms with Gasteiger partial charge in [-0.3, -0.25) is 9.59 Å². The lowest BCUT2D eigenvalue weighted by atomic mass is 9.89. The van der Waals surface area contributed by atoms with Gasteiger partial charge in [0, 0.05) is 12.1 Å². The SMILES string of the molecule is CCCCCOC(=O)C(C(=O)c1c(OC)cc(OC)cc1OC)c1ccccc1. The topological polar surface area (TPSA) is 71.1 Å². The van der Waals surface area contributed by atoms with Gasteiger partial charge in [0.05, 0.1) is 27.9 Å². The van der Waals surface area contributed by atoms with E-state index >= 15 is 0 Å². The zero-order valence-electron chi connectivity index (χ0n) is 17.4. The van der Waals surface area contributed by atoms with E-state index in [2.05, 4.69) is 6.92 Å². The molecule has 0 N–H and O–H groups in total. The first-order chi connectivity index (χ1) is 14.1. The minimum Gasteiger partial charge on any atom is -0.496 e. The average molecular weight is 400 g/mol. The van der Waals surface area contributed by atoms with Crippen LogP contribution in [0.3, 0.4) is 0 Å². The van der Waals surface area contributed by atoms with Gasteiger partial charge in [0.25, 0.3) is 0 Å². The molecule has 29 heavy (non-hydrogen) atoms. The quantitative estimate of drug-likeness (QED) is 0.241. The lowest BCUT2D eigenvalue weighted by Gasteiger charge is -2.19. The Morgan fingerprint density at radius 3 is 2.03 bits per heavy atom. The van der Waals surface area contributed by atoms with Gasteiger partial charge < -0.3 is 18.9 Å². The molecule has 0 spiro atoms. The molecule has 0 fully saturated rings. The van der Waals surface area contributed by atoms with Crippen molar-refractivity contribution < 1.29 is 28.5 Å². The van der Waals surface area contributed by atoms with Gasteiger partial charge in [0.1, 0.15) is 28.7 Å². The Balaban J connectivity index is 2.46. The van der Waals surface area contributed by atoms with Crippen LogP contribution >= 0.6 is 0 Å². The molecule has 0 aliphatic heterocycles. The van der Waals surface area contributed by atoms with Crippen LogP contribution in [0.2, 0.25) is 0 Å². The first-order valence-electron chi connectivity index (χ1n) is 9.63. The number of rotatable bonds is 11. The second-order valence-electron chi connectivity index (χ2n) is 6.49. The van der Waals surface area contributed by atoms with E-state index in [9.17, 15) is 9.59 Å². The summed E-state index contributed by atoms with van der Waals surface area (Å²) in [4.78, 5) is 26.4. The van der Waals surface area contributed by atoms with Crippen LogP contribution in [0.5, 0.6) is 17.2 Å². The van der Waals surface area contributed by atoms with Crippen molar-refractivity contribution in [2.75, 3.05) is 27.9 Å². The highest BCUT2D eigenvalue weighted by Gasteiger charge is 2.35. The van der Waals surface area contributed by atoms with E-state index in [1.54, 1.807) is 36.4 Å². The van der Waals surface area contributed by atoms with Crippen LogP contribution in [-0.4, -0.2) is 39.7 Å². The van der Waals surface area contributed by atoms with Crippen molar-refractivity contribution in [3.8, 4) is 17.2 Å². The summed E-state index contributed by atoms with van der Waals surface area (Å²) in [6.45, 7) is 2.35. The fraction of sp³-hybridized carbons (Fsp3) is 0.391. The number of hydrogen-bond donors (Lipinski definition) is 0. The molecule has 0 aliphatic carbocycles. The predicted octanol–water partition coefficient (Wildman–Crippen LogP) is 4.41. The van der Waals surface area contributed by atoms with E-state index < -0.39 is 17.7 Å². The molecule has 0 bridgehead atoms. The standard InChI is InChI=1S/C23H28O6/c1-5-6-10-13-29-23(25)20(16-11-8-7-9-12-16)22(24)21-18(27-3)14-17(26-2)15-19(21)28-4/h7-9,11-12,14-15,20H,5-6,10,13H2,1-4H3. The summed E-state index contributed by atoms with van der Waals surface area (Å²) in [7, 11) is 4.41. The molecule has 2 rings (SSSR count). The van der Waals surface area contributed by atoms with Crippen molar-refractivity contribution in [2.45, 2.75) is 32.1 Å². The molecular formula is C23H28O6. The first kappa shape index (κ1) is 22.3. The number of ketones is 1. The Hall–Kier alpha value is -3.02. The second kappa shape index (κ2) is 11.1. The molecule has 1 unspecified atom stereocenters. The fourth-order valence-electron chi connectivity index (χ4n) is 3.04. The van der Waals surface area contributed by atoms with Gasteiger partial charge >= 0.3 is 5.97 Å². The Morgan fingerprint density at radius 2 is 1.52 bits per heavy atom. The molecule has 6 nitrogen and oxygen atoms in total. The molecule has 0 saturated heterocycles. The maximum absolute atomic E-state index is 13.5. The van der Waals surface area contributed by atoms with Crippen molar-refractivity contribution in [3.05, 3.63) is 53.6 Å². The van der Waals surface area contributed by atoms with Crippen LogP contribution in [0.15, 0.2) is 42.5 Å². The molecule has 2 aromatic rings. The highest BCUT2D eigenvalue weighted by atomic mass is 16.5. The third kappa shape index (κ3) is 5.50. The molecule has 2 aromatic carbocycles. The summed E-state index contributed by atoms with van der Waals surface area (Å²) in [5.74, 6) is -1.13. The predicted molar refractivity (Wildman–Crippen MR) is 110 cm³/mol. The average Bonchev–Trinajstić information content (AvgIpc) is 2.76. The number of esters is 1. The van der Waals surface area contributed by atoms with E-state index in [1.165, 1.54) is 21.3 Å². The molecule has 0 aromatic heterocycles. The molecule has 0 radical (unpaired) electrons. The van der Waals surface area contributed by atoms with Crippen molar-refractivity contribution >= 4 is 11.8 Å². The van der Waals surface area contributed by atoms with Crippen molar-refractivity contribution in [1.29, 1.82) is 0 Å². The largest absolute Gasteiger partial charge is 0.496 e. The monoisotopic (exact) mass is 400 g/mol. The van der Waals surface area contributed by atoms with Crippen LogP contribution < -0.4 is 14.2 Å². The smallest absolute Gasteiger partial charge is 0.321 e. The Morgan fingerprint density at radius 1 is 0.897 bits per heavy atom. The van der Waals surface area contributed by atoms with Crippen LogP contribution in [0, 0.1) is 0 Å². The van der Waals surface area contributed by atoms with E-state index in [0.29, 0.717) is 11.3 Å². The summed E-state index contributed by atoms with van der Waals surface area (Å²) in [6.07, 6.45) is 2.73. The molecule has 0 heterocycles. The zero-order valence-corrected chi connectivity index (χ0v) is 17.4. The van der Waals surface area contributed by atoms with Crippen LogP contribution in [0.25, 0.3) is 0 Å². The van der Waals surface area contributed by atoms with E-state index in [4.69, 9.17) is 18.9 Å². The molecule has 1 atom stereocenters. The highest BCUT2D eigenvalue weighted by Crippen LogP contribution is 2.37. The van der Waals surface area contributed by atoms with E-state index in [1.807, 2.05) is 6.07 Å². The second-order valence-corrected chi connectivity index (χ2v) is 6.49.